The SMILES string of the molecule is O=C(Nc1ncn(Cc2c(F)cccc2Cl)n1)c1ccc(CN2CCCC2)o1. The van der Waals surface area contributed by atoms with Crippen LogP contribution < -0.4 is 5.32 Å². The number of likely N-dealkylation sites (tertiary alicyclic amines) is 1. The Bertz CT molecular complexity index is 960. The number of hydrogen-bond acceptors (Lipinski definition) is 5. The Hall–Kier alpha value is -2.71. The Morgan fingerprint density at radius 1 is 1.21 bits per heavy atom. The fourth-order valence-electron chi connectivity index (χ4n) is 3.18. The lowest BCUT2D eigenvalue weighted by Gasteiger charge is -2.11. The second-order valence-electron chi connectivity index (χ2n) is 6.67. The van der Waals surface area contributed by atoms with Crippen LogP contribution in [0, 0.1) is 5.82 Å². The highest BCUT2D eigenvalue weighted by Crippen LogP contribution is 2.20. The van der Waals surface area contributed by atoms with Gasteiger partial charge in [0, 0.05) is 10.6 Å². The molecule has 3 heterocycles. The summed E-state index contributed by atoms with van der Waals surface area (Å²) in [5.74, 6) is 0.196. The van der Waals surface area contributed by atoms with Gasteiger partial charge in [0.25, 0.3) is 5.91 Å². The van der Waals surface area contributed by atoms with Crippen LogP contribution in [0.4, 0.5) is 10.3 Å². The molecule has 28 heavy (non-hydrogen) atoms. The van der Waals surface area contributed by atoms with Gasteiger partial charge in [-0.2, -0.15) is 0 Å². The Balaban J connectivity index is 1.38. The Kier molecular flexibility index (Phi) is 5.40. The molecule has 1 N–H and O–H groups in total. The topological polar surface area (TPSA) is 76.2 Å². The minimum absolute atomic E-state index is 0.106. The van der Waals surface area contributed by atoms with Crippen LogP contribution in [0.5, 0.6) is 0 Å². The van der Waals surface area contributed by atoms with E-state index in [0.29, 0.717) is 17.1 Å². The summed E-state index contributed by atoms with van der Waals surface area (Å²) in [7, 11) is 0. The molecule has 0 unspecified atom stereocenters. The van der Waals surface area contributed by atoms with Crippen LogP contribution >= 0.6 is 11.6 Å². The van der Waals surface area contributed by atoms with Gasteiger partial charge in [-0.05, 0) is 50.2 Å². The zero-order valence-corrected chi connectivity index (χ0v) is 15.8. The van der Waals surface area contributed by atoms with E-state index in [1.807, 2.05) is 0 Å². The first-order chi connectivity index (χ1) is 13.6. The normalized spacial score (nSPS) is 14.5. The number of rotatable bonds is 6. The summed E-state index contributed by atoms with van der Waals surface area (Å²) in [6.07, 6.45) is 3.79. The number of anilines is 1. The van der Waals surface area contributed by atoms with Gasteiger partial charge in [0.1, 0.15) is 17.9 Å². The van der Waals surface area contributed by atoms with Crippen LogP contribution in [0.25, 0.3) is 0 Å². The van der Waals surface area contributed by atoms with E-state index in [1.165, 1.54) is 36.0 Å². The van der Waals surface area contributed by atoms with Crippen molar-refractivity contribution in [2.24, 2.45) is 0 Å². The molecule has 0 bridgehead atoms. The number of halogens is 2. The summed E-state index contributed by atoms with van der Waals surface area (Å²) in [6, 6.07) is 7.92. The summed E-state index contributed by atoms with van der Waals surface area (Å²) < 4.78 is 20.9. The minimum Gasteiger partial charge on any atom is -0.455 e. The molecule has 1 saturated heterocycles. The zero-order valence-electron chi connectivity index (χ0n) is 15.1. The maximum Gasteiger partial charge on any atom is 0.293 e. The number of carbonyl (C=O) groups excluding carboxylic acids is 1. The van der Waals surface area contributed by atoms with Gasteiger partial charge in [0.2, 0.25) is 5.95 Å². The van der Waals surface area contributed by atoms with E-state index in [4.69, 9.17) is 16.0 Å². The highest BCUT2D eigenvalue weighted by molar-refractivity contribution is 6.31. The summed E-state index contributed by atoms with van der Waals surface area (Å²) in [4.78, 5) is 18.7. The van der Waals surface area contributed by atoms with Crippen molar-refractivity contribution in [3.63, 3.8) is 0 Å². The van der Waals surface area contributed by atoms with Crippen molar-refractivity contribution in [3.8, 4) is 0 Å². The predicted octanol–water partition coefficient (Wildman–Crippen LogP) is 3.56. The van der Waals surface area contributed by atoms with Gasteiger partial charge >= 0.3 is 0 Å². The number of nitrogens with one attached hydrogen (secondary N) is 1. The van der Waals surface area contributed by atoms with Crippen LogP contribution in [0.15, 0.2) is 41.1 Å². The largest absolute Gasteiger partial charge is 0.455 e. The molecular formula is C19H19ClFN5O2. The van der Waals surface area contributed by atoms with Gasteiger partial charge in [-0.25, -0.2) is 14.1 Å². The molecule has 1 aliphatic rings. The molecule has 4 rings (SSSR count). The smallest absolute Gasteiger partial charge is 0.293 e. The maximum absolute atomic E-state index is 13.9. The summed E-state index contributed by atoms with van der Waals surface area (Å²) in [6.45, 7) is 2.91. The molecule has 0 spiro atoms. The average Bonchev–Trinajstić information content (AvgIpc) is 3.41. The van der Waals surface area contributed by atoms with Gasteiger partial charge < -0.3 is 4.42 Å². The van der Waals surface area contributed by atoms with Gasteiger partial charge in [-0.1, -0.05) is 17.7 Å². The van der Waals surface area contributed by atoms with E-state index < -0.39 is 11.7 Å². The highest BCUT2D eigenvalue weighted by Gasteiger charge is 2.17. The summed E-state index contributed by atoms with van der Waals surface area (Å²) >= 11 is 6.03. The van der Waals surface area contributed by atoms with E-state index in [1.54, 1.807) is 18.2 Å². The second kappa shape index (κ2) is 8.12. The molecule has 0 aliphatic carbocycles. The van der Waals surface area contributed by atoms with Crippen LogP contribution in [-0.2, 0) is 13.1 Å². The zero-order chi connectivity index (χ0) is 19.5. The molecule has 1 fully saturated rings. The molecule has 7 nitrogen and oxygen atoms in total. The molecule has 1 amide bonds. The quantitative estimate of drug-likeness (QED) is 0.681. The first-order valence-electron chi connectivity index (χ1n) is 9.03. The number of amides is 1. The lowest BCUT2D eigenvalue weighted by Crippen LogP contribution is -2.18. The molecule has 0 atom stereocenters. The standard InChI is InChI=1S/C19H19ClFN5O2/c20-15-4-3-5-16(21)14(15)11-26-12-22-19(24-26)23-18(27)17-7-6-13(28-17)10-25-8-1-2-9-25/h3-7,12H,1-2,8-11H2,(H,23,24,27). The van der Waals surface area contributed by atoms with Crippen LogP contribution in [0.3, 0.4) is 0 Å². The molecular weight excluding hydrogens is 385 g/mol. The van der Waals surface area contributed by atoms with E-state index >= 15 is 0 Å². The van der Waals surface area contributed by atoms with E-state index in [9.17, 15) is 9.18 Å². The van der Waals surface area contributed by atoms with Crippen LogP contribution in [-0.4, -0.2) is 38.7 Å². The minimum atomic E-state index is -0.436. The van der Waals surface area contributed by atoms with Crippen molar-refractivity contribution in [1.29, 1.82) is 0 Å². The van der Waals surface area contributed by atoms with Gasteiger partial charge in [-0.15, -0.1) is 5.10 Å². The number of hydrogen-bond donors (Lipinski definition) is 1. The van der Waals surface area contributed by atoms with Crippen molar-refractivity contribution < 1.29 is 13.6 Å². The predicted molar refractivity (Wildman–Crippen MR) is 102 cm³/mol. The average molecular weight is 404 g/mol. The monoisotopic (exact) mass is 403 g/mol. The molecule has 3 aromatic rings. The third-order valence-electron chi connectivity index (χ3n) is 4.61. The summed E-state index contributed by atoms with van der Waals surface area (Å²) in [5, 5.41) is 7.03. The molecule has 0 saturated carbocycles. The van der Waals surface area contributed by atoms with E-state index in [2.05, 4.69) is 20.3 Å². The fourth-order valence-corrected chi connectivity index (χ4v) is 3.41. The number of carbonyl (C=O) groups is 1. The van der Waals surface area contributed by atoms with Crippen molar-refractivity contribution >= 4 is 23.5 Å². The third-order valence-corrected chi connectivity index (χ3v) is 4.96. The second-order valence-corrected chi connectivity index (χ2v) is 7.08. The lowest BCUT2D eigenvalue weighted by atomic mass is 10.2. The molecule has 9 heteroatoms. The molecule has 0 radical (unpaired) electrons. The molecule has 1 aliphatic heterocycles. The van der Waals surface area contributed by atoms with Crippen molar-refractivity contribution in [3.05, 3.63) is 64.6 Å². The number of benzene rings is 1. The van der Waals surface area contributed by atoms with Crippen molar-refractivity contribution in [2.45, 2.75) is 25.9 Å². The molecule has 1 aromatic carbocycles. The summed E-state index contributed by atoms with van der Waals surface area (Å²) in [5.41, 5.74) is 0.310. The van der Waals surface area contributed by atoms with Gasteiger partial charge in [-0.3, -0.25) is 15.0 Å². The van der Waals surface area contributed by atoms with E-state index in [0.717, 1.165) is 18.8 Å². The fraction of sp³-hybridized carbons (Fsp3) is 0.316. The molecule has 2 aromatic heterocycles. The Morgan fingerprint density at radius 3 is 2.82 bits per heavy atom. The van der Waals surface area contributed by atoms with Crippen molar-refractivity contribution in [1.82, 2.24) is 19.7 Å². The number of furan rings is 1. The first-order valence-corrected chi connectivity index (χ1v) is 9.41. The van der Waals surface area contributed by atoms with Crippen molar-refractivity contribution in [2.75, 3.05) is 18.4 Å². The third kappa shape index (κ3) is 4.23. The maximum atomic E-state index is 13.9. The van der Waals surface area contributed by atoms with Gasteiger partial charge in [0.05, 0.1) is 13.1 Å². The van der Waals surface area contributed by atoms with Crippen LogP contribution in [0.2, 0.25) is 5.02 Å². The highest BCUT2D eigenvalue weighted by atomic mass is 35.5. The number of nitrogens with zero attached hydrogens (tertiary/aromatic N) is 4. The number of aromatic nitrogens is 3. The van der Waals surface area contributed by atoms with Gasteiger partial charge in [0.15, 0.2) is 5.76 Å². The van der Waals surface area contributed by atoms with Crippen LogP contribution in [0.1, 0.15) is 34.7 Å². The first kappa shape index (κ1) is 18.6. The lowest BCUT2D eigenvalue weighted by molar-refractivity contribution is 0.0992. The van der Waals surface area contributed by atoms with E-state index in [-0.39, 0.29) is 18.3 Å². The molecule has 146 valence electrons. The Labute approximate surface area is 166 Å². The Morgan fingerprint density at radius 2 is 2.04 bits per heavy atom.